The maximum atomic E-state index is 11.8. The number of hydrogen-bond donors (Lipinski definition) is 3. The molecule has 2 unspecified atom stereocenters. The molecule has 0 saturated heterocycles. The monoisotopic (exact) mass is 269 g/mol. The summed E-state index contributed by atoms with van der Waals surface area (Å²) >= 11 is 0. The van der Waals surface area contributed by atoms with Crippen molar-refractivity contribution in [3.05, 3.63) is 29.8 Å². The van der Waals surface area contributed by atoms with Crippen molar-refractivity contribution in [1.82, 2.24) is 4.72 Å². The van der Waals surface area contributed by atoms with E-state index in [9.17, 15) is 13.5 Å². The van der Waals surface area contributed by atoms with Gasteiger partial charge < -0.3 is 10.8 Å². The molecule has 6 nitrogen and oxygen atoms in total. The van der Waals surface area contributed by atoms with Gasteiger partial charge in [0.2, 0.25) is 0 Å². The molecule has 0 spiro atoms. The van der Waals surface area contributed by atoms with Crippen LogP contribution in [0.4, 0.5) is 0 Å². The van der Waals surface area contributed by atoms with Crippen molar-refractivity contribution in [3.63, 3.8) is 0 Å². The zero-order valence-electron chi connectivity index (χ0n) is 9.87. The lowest BCUT2D eigenvalue weighted by Crippen LogP contribution is -2.36. The topological polar surface area (TPSA) is 105 Å². The molecule has 1 heterocycles. The molecule has 18 heavy (non-hydrogen) atoms. The van der Waals surface area contributed by atoms with Gasteiger partial charge in [0.05, 0.1) is 17.5 Å². The van der Waals surface area contributed by atoms with Crippen LogP contribution in [0.1, 0.15) is 12.5 Å². The highest BCUT2D eigenvalue weighted by Gasteiger charge is 2.30. The third-order valence-electron chi connectivity index (χ3n) is 2.74. The minimum absolute atomic E-state index is 0.157. The van der Waals surface area contributed by atoms with Crippen molar-refractivity contribution in [2.24, 2.45) is 10.7 Å². The first-order chi connectivity index (χ1) is 8.42. The fraction of sp³-hybridized carbons (Fsp3) is 0.364. The van der Waals surface area contributed by atoms with Gasteiger partial charge in [0.25, 0.3) is 10.0 Å². The van der Waals surface area contributed by atoms with E-state index in [4.69, 9.17) is 5.73 Å². The first-order valence-corrected chi connectivity index (χ1v) is 7.00. The molecule has 1 aliphatic heterocycles. The van der Waals surface area contributed by atoms with Crippen molar-refractivity contribution in [1.29, 1.82) is 0 Å². The molecule has 2 atom stereocenters. The number of aliphatic imine (C=N–C) groups is 1. The molecule has 0 aromatic heterocycles. The Labute approximate surface area is 106 Å². The molecule has 4 N–H and O–H groups in total. The van der Waals surface area contributed by atoms with Crippen LogP contribution in [-0.2, 0) is 10.0 Å². The zero-order chi connectivity index (χ0) is 13.3. The quantitative estimate of drug-likeness (QED) is 0.683. The van der Waals surface area contributed by atoms with Crippen LogP contribution in [0, 0.1) is 0 Å². The van der Waals surface area contributed by atoms with E-state index in [1.807, 2.05) is 0 Å². The van der Waals surface area contributed by atoms with Gasteiger partial charge in [-0.2, -0.15) is 0 Å². The molecule has 0 amide bonds. The summed E-state index contributed by atoms with van der Waals surface area (Å²) in [5, 5.41) is 9.26. The molecular formula is C11H15N3O3S. The van der Waals surface area contributed by atoms with E-state index in [1.165, 1.54) is 6.07 Å². The third kappa shape index (κ3) is 2.38. The second kappa shape index (κ2) is 4.68. The lowest BCUT2D eigenvalue weighted by atomic mass is 10.2. The molecule has 2 rings (SSSR count). The number of sulfonamides is 1. The SMILES string of the molecule is CC(O)C(N)CN=C1NS(=O)(=O)c2ccccc21. The van der Waals surface area contributed by atoms with Crippen molar-refractivity contribution >= 4 is 15.9 Å². The first kappa shape index (κ1) is 13.0. The number of amidine groups is 1. The summed E-state index contributed by atoms with van der Waals surface area (Å²) in [5.74, 6) is 0.279. The average Bonchev–Trinajstić information content (AvgIpc) is 2.59. The van der Waals surface area contributed by atoms with Gasteiger partial charge in [0.1, 0.15) is 5.84 Å². The van der Waals surface area contributed by atoms with Crippen molar-refractivity contribution in [2.75, 3.05) is 6.54 Å². The third-order valence-corrected chi connectivity index (χ3v) is 4.14. The number of nitrogens with zero attached hydrogens (tertiary/aromatic N) is 1. The fourth-order valence-electron chi connectivity index (χ4n) is 1.60. The molecule has 7 heteroatoms. The van der Waals surface area contributed by atoms with E-state index >= 15 is 0 Å². The van der Waals surface area contributed by atoms with Gasteiger partial charge in [0, 0.05) is 11.6 Å². The Kier molecular flexibility index (Phi) is 3.38. The molecule has 0 bridgehead atoms. The van der Waals surface area contributed by atoms with Crippen LogP contribution < -0.4 is 10.5 Å². The van der Waals surface area contributed by atoms with Gasteiger partial charge >= 0.3 is 0 Å². The Morgan fingerprint density at radius 3 is 2.78 bits per heavy atom. The minimum Gasteiger partial charge on any atom is -0.392 e. The van der Waals surface area contributed by atoms with Crippen LogP contribution in [0.5, 0.6) is 0 Å². The summed E-state index contributed by atoms with van der Waals surface area (Å²) in [6, 6.07) is 6.08. The maximum Gasteiger partial charge on any atom is 0.263 e. The molecule has 1 aliphatic rings. The Bertz CT molecular complexity index is 581. The van der Waals surface area contributed by atoms with Gasteiger partial charge in [-0.15, -0.1) is 0 Å². The summed E-state index contributed by atoms with van der Waals surface area (Å²) in [4.78, 5) is 4.34. The Balaban J connectivity index is 2.31. The average molecular weight is 269 g/mol. The Hall–Kier alpha value is -1.44. The van der Waals surface area contributed by atoms with Crippen LogP contribution in [0.3, 0.4) is 0 Å². The molecule has 0 aliphatic carbocycles. The van der Waals surface area contributed by atoms with Gasteiger partial charge in [-0.05, 0) is 19.1 Å². The molecule has 1 aromatic rings. The van der Waals surface area contributed by atoms with Gasteiger partial charge in [-0.1, -0.05) is 12.1 Å². The van der Waals surface area contributed by atoms with Crippen LogP contribution in [0.25, 0.3) is 0 Å². The number of aliphatic hydroxyl groups is 1. The van der Waals surface area contributed by atoms with E-state index < -0.39 is 22.2 Å². The number of hydrogen-bond acceptors (Lipinski definition) is 5. The van der Waals surface area contributed by atoms with Crippen molar-refractivity contribution < 1.29 is 13.5 Å². The number of nitrogens with one attached hydrogen (secondary N) is 1. The van der Waals surface area contributed by atoms with Gasteiger partial charge in [-0.25, -0.2) is 8.42 Å². The second-order valence-electron chi connectivity index (χ2n) is 4.20. The predicted molar refractivity (Wildman–Crippen MR) is 67.8 cm³/mol. The number of rotatable bonds is 3. The highest BCUT2D eigenvalue weighted by molar-refractivity contribution is 7.90. The number of nitrogens with two attached hydrogens (primary N) is 1. The molecule has 98 valence electrons. The standard InChI is InChI=1S/C11H15N3O3S/c1-7(15)9(12)6-13-11-8-4-2-3-5-10(8)18(16,17)14-11/h2-5,7,9,15H,6,12H2,1H3,(H,13,14). The number of benzene rings is 1. The predicted octanol–water partition coefficient (Wildman–Crippen LogP) is -0.567. The highest BCUT2D eigenvalue weighted by Crippen LogP contribution is 2.22. The molecular weight excluding hydrogens is 254 g/mol. The van der Waals surface area contributed by atoms with E-state index in [-0.39, 0.29) is 17.3 Å². The van der Waals surface area contributed by atoms with E-state index in [2.05, 4.69) is 9.71 Å². The summed E-state index contributed by atoms with van der Waals surface area (Å²) in [6.45, 7) is 1.72. The van der Waals surface area contributed by atoms with Crippen LogP contribution in [0.15, 0.2) is 34.2 Å². The zero-order valence-corrected chi connectivity index (χ0v) is 10.7. The normalized spacial score (nSPS) is 22.3. The molecule has 0 fully saturated rings. The molecule has 0 radical (unpaired) electrons. The van der Waals surface area contributed by atoms with Crippen molar-refractivity contribution in [3.8, 4) is 0 Å². The lowest BCUT2D eigenvalue weighted by Gasteiger charge is -2.11. The number of aliphatic hydroxyl groups excluding tert-OH is 1. The van der Waals surface area contributed by atoms with Crippen LogP contribution in [0.2, 0.25) is 0 Å². The highest BCUT2D eigenvalue weighted by atomic mass is 32.2. The van der Waals surface area contributed by atoms with E-state index in [1.54, 1.807) is 25.1 Å². The number of fused-ring (bicyclic) bond motifs is 1. The Morgan fingerprint density at radius 1 is 1.44 bits per heavy atom. The summed E-state index contributed by atoms with van der Waals surface area (Å²) in [7, 11) is -3.51. The van der Waals surface area contributed by atoms with Crippen LogP contribution >= 0.6 is 0 Å². The van der Waals surface area contributed by atoms with E-state index in [0.29, 0.717) is 5.56 Å². The second-order valence-corrected chi connectivity index (χ2v) is 5.85. The Morgan fingerprint density at radius 2 is 2.11 bits per heavy atom. The summed E-state index contributed by atoms with van der Waals surface area (Å²) < 4.78 is 25.9. The lowest BCUT2D eigenvalue weighted by molar-refractivity contribution is 0.166. The molecule has 1 aromatic carbocycles. The summed E-state index contributed by atoms with van der Waals surface area (Å²) in [5.41, 5.74) is 6.19. The van der Waals surface area contributed by atoms with E-state index in [0.717, 1.165) is 0 Å². The largest absolute Gasteiger partial charge is 0.392 e. The summed E-state index contributed by atoms with van der Waals surface area (Å²) in [6.07, 6.45) is -0.692. The first-order valence-electron chi connectivity index (χ1n) is 5.52. The van der Waals surface area contributed by atoms with Crippen molar-refractivity contribution in [2.45, 2.75) is 24.0 Å². The maximum absolute atomic E-state index is 11.8. The minimum atomic E-state index is -3.51. The van der Waals surface area contributed by atoms with Gasteiger partial charge in [0.15, 0.2) is 0 Å². The molecule has 0 saturated carbocycles. The smallest absolute Gasteiger partial charge is 0.263 e. The van der Waals surface area contributed by atoms with Crippen LogP contribution in [-0.4, -0.2) is 38.1 Å². The van der Waals surface area contributed by atoms with Gasteiger partial charge in [-0.3, -0.25) is 9.71 Å². The fourth-order valence-corrected chi connectivity index (χ4v) is 2.85.